The predicted octanol–water partition coefficient (Wildman–Crippen LogP) is 2.33. The second-order valence-electron chi connectivity index (χ2n) is 4.85. The van der Waals surface area contributed by atoms with Crippen LogP contribution < -0.4 is 0 Å². The molecule has 0 amide bonds. The lowest BCUT2D eigenvalue weighted by atomic mass is 9.80. The van der Waals surface area contributed by atoms with E-state index in [0.717, 1.165) is 30.2 Å². The highest BCUT2D eigenvalue weighted by Gasteiger charge is 2.21. The average Bonchev–Trinajstić information content (AvgIpc) is 2.27. The molecule has 1 unspecified atom stereocenters. The van der Waals surface area contributed by atoms with Gasteiger partial charge in [-0.3, -0.25) is 4.98 Å². The van der Waals surface area contributed by atoms with Crippen LogP contribution in [0.4, 0.5) is 0 Å². The van der Waals surface area contributed by atoms with Crippen LogP contribution in [0.3, 0.4) is 0 Å². The van der Waals surface area contributed by atoms with Gasteiger partial charge in [0.05, 0.1) is 6.61 Å². The monoisotopic (exact) mass is 205 g/mol. The van der Waals surface area contributed by atoms with Crippen LogP contribution in [0.2, 0.25) is 0 Å². The molecule has 0 aliphatic heterocycles. The average molecular weight is 205 g/mol. The molecule has 0 saturated carbocycles. The van der Waals surface area contributed by atoms with Gasteiger partial charge in [0.2, 0.25) is 0 Å². The SMILES string of the molecule is CC(C)C1CCc2ncc(CO)cc2C1. The van der Waals surface area contributed by atoms with Crippen LogP contribution in [-0.2, 0) is 19.4 Å². The minimum Gasteiger partial charge on any atom is -0.392 e. The van der Waals surface area contributed by atoms with E-state index in [4.69, 9.17) is 5.11 Å². The Labute approximate surface area is 91.4 Å². The van der Waals surface area contributed by atoms with Crippen LogP contribution in [-0.4, -0.2) is 10.1 Å². The summed E-state index contributed by atoms with van der Waals surface area (Å²) in [6.07, 6.45) is 5.29. The molecule has 1 aromatic heterocycles. The number of hydrogen-bond acceptors (Lipinski definition) is 2. The van der Waals surface area contributed by atoms with Crippen LogP contribution in [0.1, 0.15) is 37.1 Å². The first kappa shape index (κ1) is 10.6. The van der Waals surface area contributed by atoms with E-state index in [9.17, 15) is 0 Å². The molecule has 1 aliphatic carbocycles. The molecule has 0 bridgehead atoms. The summed E-state index contributed by atoms with van der Waals surface area (Å²) in [5, 5.41) is 9.07. The molecule has 82 valence electrons. The quantitative estimate of drug-likeness (QED) is 0.804. The Morgan fingerprint density at radius 2 is 2.33 bits per heavy atom. The van der Waals surface area contributed by atoms with Crippen molar-refractivity contribution in [3.05, 3.63) is 29.1 Å². The van der Waals surface area contributed by atoms with Crippen LogP contribution in [0.25, 0.3) is 0 Å². The van der Waals surface area contributed by atoms with Gasteiger partial charge in [-0.15, -0.1) is 0 Å². The lowest BCUT2D eigenvalue weighted by molar-refractivity contribution is 0.280. The molecule has 1 atom stereocenters. The Kier molecular flexibility index (Phi) is 3.06. The first-order valence-electron chi connectivity index (χ1n) is 5.78. The third-order valence-corrected chi connectivity index (χ3v) is 3.48. The van der Waals surface area contributed by atoms with E-state index in [1.807, 2.05) is 0 Å². The van der Waals surface area contributed by atoms with E-state index >= 15 is 0 Å². The van der Waals surface area contributed by atoms with Crippen molar-refractivity contribution in [1.82, 2.24) is 4.98 Å². The summed E-state index contributed by atoms with van der Waals surface area (Å²) in [5.41, 5.74) is 3.54. The molecule has 0 spiro atoms. The third-order valence-electron chi connectivity index (χ3n) is 3.48. The third kappa shape index (κ3) is 2.20. The zero-order chi connectivity index (χ0) is 10.8. The number of fused-ring (bicyclic) bond motifs is 1. The minimum atomic E-state index is 0.104. The van der Waals surface area contributed by atoms with Gasteiger partial charge in [-0.1, -0.05) is 19.9 Å². The fourth-order valence-corrected chi connectivity index (χ4v) is 2.35. The molecule has 2 nitrogen and oxygen atoms in total. The smallest absolute Gasteiger partial charge is 0.0696 e. The maximum absolute atomic E-state index is 9.07. The van der Waals surface area contributed by atoms with Crippen molar-refractivity contribution in [2.45, 2.75) is 39.7 Å². The van der Waals surface area contributed by atoms with Crippen LogP contribution in [0, 0.1) is 11.8 Å². The topological polar surface area (TPSA) is 33.1 Å². The van der Waals surface area contributed by atoms with Crippen LogP contribution >= 0.6 is 0 Å². The molecule has 2 heteroatoms. The summed E-state index contributed by atoms with van der Waals surface area (Å²) in [4.78, 5) is 4.42. The highest BCUT2D eigenvalue weighted by atomic mass is 16.3. The van der Waals surface area contributed by atoms with Gasteiger partial charge in [-0.25, -0.2) is 0 Å². The summed E-state index contributed by atoms with van der Waals surface area (Å²) in [6, 6.07) is 2.12. The van der Waals surface area contributed by atoms with Gasteiger partial charge in [-0.05, 0) is 42.2 Å². The summed E-state index contributed by atoms with van der Waals surface area (Å²) >= 11 is 0. The molecule has 0 aromatic carbocycles. The maximum Gasteiger partial charge on any atom is 0.0696 e. The van der Waals surface area contributed by atoms with Crippen molar-refractivity contribution in [3.63, 3.8) is 0 Å². The molecule has 0 saturated heterocycles. The number of aliphatic hydroxyl groups is 1. The van der Waals surface area contributed by atoms with Gasteiger partial charge in [0.25, 0.3) is 0 Å². The molecule has 15 heavy (non-hydrogen) atoms. The number of aliphatic hydroxyl groups excluding tert-OH is 1. The highest BCUT2D eigenvalue weighted by molar-refractivity contribution is 5.27. The van der Waals surface area contributed by atoms with Crippen LogP contribution in [0.15, 0.2) is 12.3 Å². The van der Waals surface area contributed by atoms with E-state index in [-0.39, 0.29) is 6.61 Å². The Bertz CT molecular complexity index is 346. The van der Waals surface area contributed by atoms with Gasteiger partial charge >= 0.3 is 0 Å². The Balaban J connectivity index is 2.23. The fourth-order valence-electron chi connectivity index (χ4n) is 2.35. The van der Waals surface area contributed by atoms with E-state index in [0.29, 0.717) is 0 Å². The summed E-state index contributed by atoms with van der Waals surface area (Å²) < 4.78 is 0. The number of hydrogen-bond donors (Lipinski definition) is 1. The standard InChI is InChI=1S/C13H19NO/c1-9(2)11-3-4-13-12(6-11)5-10(8-15)7-14-13/h5,7,9,11,15H,3-4,6,8H2,1-2H3. The van der Waals surface area contributed by atoms with Gasteiger partial charge in [0, 0.05) is 11.9 Å². The van der Waals surface area contributed by atoms with E-state index in [2.05, 4.69) is 24.9 Å². The summed E-state index contributed by atoms with van der Waals surface area (Å²) in [7, 11) is 0. The van der Waals surface area contributed by atoms with Gasteiger partial charge in [0.15, 0.2) is 0 Å². The second kappa shape index (κ2) is 4.31. The van der Waals surface area contributed by atoms with Gasteiger partial charge < -0.3 is 5.11 Å². The number of pyridine rings is 1. The van der Waals surface area contributed by atoms with E-state index in [1.165, 1.54) is 17.7 Å². The first-order chi connectivity index (χ1) is 7.20. The van der Waals surface area contributed by atoms with Crippen molar-refractivity contribution in [2.24, 2.45) is 11.8 Å². The van der Waals surface area contributed by atoms with Crippen molar-refractivity contribution in [1.29, 1.82) is 0 Å². The first-order valence-corrected chi connectivity index (χ1v) is 5.78. The normalized spacial score (nSPS) is 20.4. The van der Waals surface area contributed by atoms with Crippen molar-refractivity contribution in [3.8, 4) is 0 Å². The molecule has 0 fully saturated rings. The molecular formula is C13H19NO. The molecule has 1 heterocycles. The zero-order valence-electron chi connectivity index (χ0n) is 9.53. The van der Waals surface area contributed by atoms with Gasteiger partial charge in [-0.2, -0.15) is 0 Å². The molecule has 0 radical (unpaired) electrons. The van der Waals surface area contributed by atoms with E-state index < -0.39 is 0 Å². The maximum atomic E-state index is 9.07. The molecule has 1 aliphatic rings. The number of aryl methyl sites for hydroxylation is 1. The predicted molar refractivity (Wildman–Crippen MR) is 60.5 cm³/mol. The summed E-state index contributed by atoms with van der Waals surface area (Å²) in [5.74, 6) is 1.53. The molecular weight excluding hydrogens is 186 g/mol. The lowest BCUT2D eigenvalue weighted by Gasteiger charge is -2.27. The minimum absolute atomic E-state index is 0.104. The number of nitrogens with zero attached hydrogens (tertiary/aromatic N) is 1. The zero-order valence-corrected chi connectivity index (χ0v) is 9.53. The highest BCUT2D eigenvalue weighted by Crippen LogP contribution is 2.29. The number of aromatic nitrogens is 1. The number of rotatable bonds is 2. The van der Waals surface area contributed by atoms with E-state index in [1.54, 1.807) is 6.20 Å². The molecule has 1 aromatic rings. The van der Waals surface area contributed by atoms with Crippen LogP contribution in [0.5, 0.6) is 0 Å². The Morgan fingerprint density at radius 1 is 1.53 bits per heavy atom. The Hall–Kier alpha value is -0.890. The van der Waals surface area contributed by atoms with Crippen molar-refractivity contribution in [2.75, 3.05) is 0 Å². The fraction of sp³-hybridized carbons (Fsp3) is 0.615. The molecule has 2 rings (SSSR count). The van der Waals surface area contributed by atoms with Gasteiger partial charge in [0.1, 0.15) is 0 Å². The second-order valence-corrected chi connectivity index (χ2v) is 4.85. The van der Waals surface area contributed by atoms with Crippen molar-refractivity contribution < 1.29 is 5.11 Å². The largest absolute Gasteiger partial charge is 0.392 e. The molecule has 1 N–H and O–H groups in total. The van der Waals surface area contributed by atoms with Crippen molar-refractivity contribution >= 4 is 0 Å². The summed E-state index contributed by atoms with van der Waals surface area (Å²) in [6.45, 7) is 4.69. The lowest BCUT2D eigenvalue weighted by Crippen LogP contribution is -2.20. The Morgan fingerprint density at radius 3 is 3.00 bits per heavy atom.